The fourth-order valence-corrected chi connectivity index (χ4v) is 2.21. The normalized spacial score (nSPS) is 10.4. The van der Waals surface area contributed by atoms with Crippen LogP contribution in [-0.2, 0) is 0 Å². The fourth-order valence-electron chi connectivity index (χ4n) is 1.79. The van der Waals surface area contributed by atoms with Crippen LogP contribution in [0.1, 0.15) is 5.56 Å². The fraction of sp³-hybridized carbons (Fsp3) is 0.133. The lowest BCUT2D eigenvalue weighted by atomic mass is 10.2. The van der Waals surface area contributed by atoms with E-state index in [2.05, 4.69) is 15.4 Å². The van der Waals surface area contributed by atoms with Gasteiger partial charge in [0.05, 0.1) is 5.69 Å². The third-order valence-corrected chi connectivity index (χ3v) is 3.12. The van der Waals surface area contributed by atoms with Crippen LogP contribution in [0, 0.1) is 6.92 Å². The Hall–Kier alpha value is -1.92. The largest absolute Gasteiger partial charge is 0.433 e. The van der Waals surface area contributed by atoms with Crippen molar-refractivity contribution in [2.75, 3.05) is 10.6 Å². The second-order valence-electron chi connectivity index (χ2n) is 4.47. The van der Waals surface area contributed by atoms with Gasteiger partial charge < -0.3 is 15.4 Å². The SMILES string of the molecule is Cc1ccc(OC(F)F)c(NC(=S)Nc2cccc(Cl)c2)c1. The smallest absolute Gasteiger partial charge is 0.387 e. The van der Waals surface area contributed by atoms with Crippen molar-refractivity contribution in [3.8, 4) is 5.75 Å². The molecule has 2 N–H and O–H groups in total. The van der Waals surface area contributed by atoms with Crippen molar-refractivity contribution in [3.05, 3.63) is 53.1 Å². The highest BCUT2D eigenvalue weighted by atomic mass is 35.5. The van der Waals surface area contributed by atoms with Crippen LogP contribution < -0.4 is 15.4 Å². The van der Waals surface area contributed by atoms with E-state index in [-0.39, 0.29) is 10.9 Å². The number of hydrogen-bond donors (Lipinski definition) is 2. The molecule has 2 aromatic rings. The van der Waals surface area contributed by atoms with E-state index in [0.717, 1.165) is 5.56 Å². The molecule has 22 heavy (non-hydrogen) atoms. The van der Waals surface area contributed by atoms with Crippen LogP contribution in [0.4, 0.5) is 20.2 Å². The van der Waals surface area contributed by atoms with E-state index < -0.39 is 6.61 Å². The lowest BCUT2D eigenvalue weighted by Gasteiger charge is -2.15. The number of halogens is 3. The van der Waals surface area contributed by atoms with Crippen LogP contribution in [-0.4, -0.2) is 11.7 Å². The maximum atomic E-state index is 12.4. The summed E-state index contributed by atoms with van der Waals surface area (Å²) < 4.78 is 29.3. The first-order chi connectivity index (χ1) is 10.4. The van der Waals surface area contributed by atoms with Crippen LogP contribution in [0.5, 0.6) is 5.75 Å². The molecule has 0 saturated heterocycles. The Morgan fingerprint density at radius 1 is 1.18 bits per heavy atom. The Kier molecular flexibility index (Phi) is 5.51. The molecule has 0 fully saturated rings. The summed E-state index contributed by atoms with van der Waals surface area (Å²) in [5, 5.41) is 6.57. The maximum absolute atomic E-state index is 12.4. The van der Waals surface area contributed by atoms with E-state index >= 15 is 0 Å². The van der Waals surface area contributed by atoms with Gasteiger partial charge in [-0.1, -0.05) is 23.7 Å². The molecular formula is C15H13ClF2N2OS. The molecule has 0 aliphatic carbocycles. The van der Waals surface area contributed by atoms with Gasteiger partial charge in [0.15, 0.2) is 5.11 Å². The Bertz CT molecular complexity index is 682. The van der Waals surface area contributed by atoms with Crippen molar-refractivity contribution >= 4 is 40.3 Å². The number of hydrogen-bond acceptors (Lipinski definition) is 2. The summed E-state index contributed by atoms with van der Waals surface area (Å²) in [6.07, 6.45) is 0. The van der Waals surface area contributed by atoms with Crippen molar-refractivity contribution in [2.45, 2.75) is 13.5 Å². The third-order valence-electron chi connectivity index (χ3n) is 2.68. The number of nitrogens with one attached hydrogen (secondary N) is 2. The third kappa shape index (κ3) is 4.82. The molecule has 0 aliphatic rings. The molecule has 2 rings (SSSR count). The Labute approximate surface area is 137 Å². The average Bonchev–Trinajstić information content (AvgIpc) is 2.41. The van der Waals surface area contributed by atoms with Crippen LogP contribution >= 0.6 is 23.8 Å². The topological polar surface area (TPSA) is 33.3 Å². The summed E-state index contributed by atoms with van der Waals surface area (Å²) in [5.41, 5.74) is 1.93. The maximum Gasteiger partial charge on any atom is 0.387 e. The molecular weight excluding hydrogens is 330 g/mol. The molecule has 0 radical (unpaired) electrons. The monoisotopic (exact) mass is 342 g/mol. The highest BCUT2D eigenvalue weighted by Crippen LogP contribution is 2.27. The number of thiocarbonyl (C=S) groups is 1. The minimum atomic E-state index is -2.90. The van der Waals surface area contributed by atoms with Gasteiger partial charge in [-0.05, 0) is 55.0 Å². The van der Waals surface area contributed by atoms with Gasteiger partial charge in [-0.25, -0.2) is 0 Å². The molecule has 0 heterocycles. The van der Waals surface area contributed by atoms with Gasteiger partial charge in [0, 0.05) is 10.7 Å². The predicted molar refractivity (Wildman–Crippen MR) is 89.1 cm³/mol. The summed E-state index contributed by atoms with van der Waals surface area (Å²) >= 11 is 11.1. The van der Waals surface area contributed by atoms with E-state index in [9.17, 15) is 8.78 Å². The van der Waals surface area contributed by atoms with Crippen molar-refractivity contribution < 1.29 is 13.5 Å². The summed E-state index contributed by atoms with van der Waals surface area (Å²) in [6, 6.07) is 11.8. The molecule has 0 amide bonds. The molecule has 0 atom stereocenters. The van der Waals surface area contributed by atoms with E-state index in [1.165, 1.54) is 6.07 Å². The second-order valence-corrected chi connectivity index (χ2v) is 5.31. The zero-order valence-corrected chi connectivity index (χ0v) is 13.1. The predicted octanol–water partition coefficient (Wildman–Crippen LogP) is 5.06. The van der Waals surface area contributed by atoms with Gasteiger partial charge in [-0.2, -0.15) is 8.78 Å². The van der Waals surface area contributed by atoms with Crippen molar-refractivity contribution in [3.63, 3.8) is 0 Å². The summed E-state index contributed by atoms with van der Waals surface area (Å²) in [7, 11) is 0. The molecule has 116 valence electrons. The quantitative estimate of drug-likeness (QED) is 0.761. The second kappa shape index (κ2) is 7.38. The number of aryl methyl sites for hydroxylation is 1. The van der Waals surface area contributed by atoms with Crippen LogP contribution in [0.25, 0.3) is 0 Å². The number of anilines is 2. The van der Waals surface area contributed by atoms with E-state index in [1.54, 1.807) is 36.4 Å². The molecule has 0 bridgehead atoms. The first-order valence-corrected chi connectivity index (χ1v) is 7.11. The molecule has 0 aliphatic heterocycles. The minimum Gasteiger partial charge on any atom is -0.433 e. The standard InChI is InChI=1S/C15H13ClF2N2OS/c1-9-5-6-13(21-14(17)18)12(7-9)20-15(22)19-11-4-2-3-10(16)8-11/h2-8,14H,1H3,(H2,19,20,22). The molecule has 7 heteroatoms. The zero-order valence-electron chi connectivity index (χ0n) is 11.6. The molecule has 0 saturated carbocycles. The first kappa shape index (κ1) is 16.5. The molecule has 0 unspecified atom stereocenters. The number of benzene rings is 2. The van der Waals surface area contributed by atoms with Crippen LogP contribution in [0.15, 0.2) is 42.5 Å². The van der Waals surface area contributed by atoms with Crippen LogP contribution in [0.3, 0.4) is 0 Å². The van der Waals surface area contributed by atoms with Gasteiger partial charge in [-0.3, -0.25) is 0 Å². The number of rotatable bonds is 4. The van der Waals surface area contributed by atoms with E-state index in [4.69, 9.17) is 23.8 Å². The molecule has 2 aromatic carbocycles. The summed E-state index contributed by atoms with van der Waals surface area (Å²) in [6.45, 7) is -1.07. The lowest BCUT2D eigenvalue weighted by Crippen LogP contribution is -2.20. The van der Waals surface area contributed by atoms with Crippen molar-refractivity contribution in [2.24, 2.45) is 0 Å². The van der Waals surface area contributed by atoms with E-state index in [1.807, 2.05) is 6.92 Å². The summed E-state index contributed by atoms with van der Waals surface area (Å²) in [5.74, 6) is 0.0239. The van der Waals surface area contributed by atoms with Crippen molar-refractivity contribution in [1.82, 2.24) is 0 Å². The number of ether oxygens (including phenoxy) is 1. The lowest BCUT2D eigenvalue weighted by molar-refractivity contribution is -0.0493. The average molecular weight is 343 g/mol. The first-order valence-electron chi connectivity index (χ1n) is 6.33. The zero-order chi connectivity index (χ0) is 16.1. The highest BCUT2D eigenvalue weighted by molar-refractivity contribution is 7.80. The van der Waals surface area contributed by atoms with Crippen LogP contribution in [0.2, 0.25) is 5.02 Å². The summed E-state index contributed by atoms with van der Waals surface area (Å²) in [4.78, 5) is 0. The number of alkyl halides is 2. The molecule has 0 aromatic heterocycles. The Morgan fingerprint density at radius 2 is 1.95 bits per heavy atom. The van der Waals surface area contributed by atoms with Gasteiger partial charge in [0.2, 0.25) is 0 Å². The van der Waals surface area contributed by atoms with E-state index in [0.29, 0.717) is 16.4 Å². The minimum absolute atomic E-state index is 0.0239. The van der Waals surface area contributed by atoms with Gasteiger partial charge in [0.1, 0.15) is 5.75 Å². The van der Waals surface area contributed by atoms with Gasteiger partial charge >= 0.3 is 6.61 Å². The Morgan fingerprint density at radius 3 is 2.64 bits per heavy atom. The highest BCUT2D eigenvalue weighted by Gasteiger charge is 2.11. The molecule has 0 spiro atoms. The van der Waals surface area contributed by atoms with Gasteiger partial charge in [0.25, 0.3) is 0 Å². The Balaban J connectivity index is 2.12. The van der Waals surface area contributed by atoms with Crippen molar-refractivity contribution in [1.29, 1.82) is 0 Å². The molecule has 3 nitrogen and oxygen atoms in total. The van der Waals surface area contributed by atoms with Gasteiger partial charge in [-0.15, -0.1) is 0 Å².